The second-order valence-electron chi connectivity index (χ2n) is 8.07. The van der Waals surface area contributed by atoms with E-state index in [1.807, 2.05) is 24.3 Å². The Hall–Kier alpha value is -1.59. The SMILES string of the molecule is O=C(O)CN(CC1CC1)C1CC(NC(=O)C2CC2c2ccccc2Cl)C1. The molecule has 0 saturated heterocycles. The van der Waals surface area contributed by atoms with Gasteiger partial charge in [-0.2, -0.15) is 0 Å². The molecule has 140 valence electrons. The van der Waals surface area contributed by atoms with Crippen LogP contribution in [0.25, 0.3) is 0 Å². The molecule has 6 heteroatoms. The summed E-state index contributed by atoms with van der Waals surface area (Å²) in [5.41, 5.74) is 1.07. The molecule has 4 rings (SSSR count). The highest BCUT2D eigenvalue weighted by atomic mass is 35.5. The van der Waals surface area contributed by atoms with Crippen LogP contribution in [0.1, 0.15) is 43.6 Å². The van der Waals surface area contributed by atoms with Crippen molar-refractivity contribution >= 4 is 23.5 Å². The Morgan fingerprint density at radius 3 is 2.58 bits per heavy atom. The lowest BCUT2D eigenvalue weighted by molar-refractivity contribution is -0.140. The number of aliphatic carboxylic acids is 1. The second-order valence-corrected chi connectivity index (χ2v) is 8.47. The van der Waals surface area contributed by atoms with E-state index in [0.717, 1.165) is 36.4 Å². The number of nitrogens with one attached hydrogen (secondary N) is 1. The second kappa shape index (κ2) is 7.20. The Morgan fingerprint density at radius 1 is 1.19 bits per heavy atom. The van der Waals surface area contributed by atoms with Crippen molar-refractivity contribution in [2.24, 2.45) is 11.8 Å². The van der Waals surface area contributed by atoms with Gasteiger partial charge in [0.25, 0.3) is 0 Å². The lowest BCUT2D eigenvalue weighted by Crippen LogP contribution is -2.55. The summed E-state index contributed by atoms with van der Waals surface area (Å²) < 4.78 is 0. The van der Waals surface area contributed by atoms with E-state index in [0.29, 0.717) is 5.92 Å². The van der Waals surface area contributed by atoms with Gasteiger partial charge in [-0.25, -0.2) is 0 Å². The average Bonchev–Trinajstić information content (AvgIpc) is 3.44. The molecule has 1 amide bonds. The zero-order chi connectivity index (χ0) is 18.3. The van der Waals surface area contributed by atoms with E-state index in [1.165, 1.54) is 12.8 Å². The Labute approximate surface area is 158 Å². The molecule has 1 aromatic carbocycles. The number of carboxylic acid groups (broad SMARTS) is 1. The van der Waals surface area contributed by atoms with Crippen molar-refractivity contribution in [3.05, 3.63) is 34.9 Å². The number of carbonyl (C=O) groups is 2. The summed E-state index contributed by atoms with van der Waals surface area (Å²) in [6.07, 6.45) is 5.01. The van der Waals surface area contributed by atoms with E-state index in [-0.39, 0.29) is 36.4 Å². The zero-order valence-electron chi connectivity index (χ0n) is 14.7. The largest absolute Gasteiger partial charge is 0.480 e. The summed E-state index contributed by atoms with van der Waals surface area (Å²) in [6, 6.07) is 8.20. The number of hydrogen-bond acceptors (Lipinski definition) is 3. The highest BCUT2D eigenvalue weighted by Crippen LogP contribution is 2.49. The number of hydrogen-bond donors (Lipinski definition) is 2. The molecule has 5 nitrogen and oxygen atoms in total. The van der Waals surface area contributed by atoms with Crippen molar-refractivity contribution in [1.29, 1.82) is 0 Å². The van der Waals surface area contributed by atoms with Crippen molar-refractivity contribution < 1.29 is 14.7 Å². The van der Waals surface area contributed by atoms with Crippen molar-refractivity contribution in [3.63, 3.8) is 0 Å². The third kappa shape index (κ3) is 4.04. The summed E-state index contributed by atoms with van der Waals surface area (Å²) in [7, 11) is 0. The van der Waals surface area contributed by atoms with Gasteiger partial charge in [-0.05, 0) is 55.6 Å². The van der Waals surface area contributed by atoms with Gasteiger partial charge in [0.05, 0.1) is 6.54 Å². The van der Waals surface area contributed by atoms with Crippen LogP contribution in [0.5, 0.6) is 0 Å². The molecule has 2 N–H and O–H groups in total. The maximum Gasteiger partial charge on any atom is 0.317 e. The maximum atomic E-state index is 12.5. The van der Waals surface area contributed by atoms with E-state index in [4.69, 9.17) is 16.7 Å². The van der Waals surface area contributed by atoms with Gasteiger partial charge in [-0.1, -0.05) is 29.8 Å². The number of amides is 1. The highest BCUT2D eigenvalue weighted by molar-refractivity contribution is 6.31. The first kappa shape index (κ1) is 17.8. The number of benzene rings is 1. The van der Waals surface area contributed by atoms with Crippen LogP contribution >= 0.6 is 11.6 Å². The molecule has 2 atom stereocenters. The van der Waals surface area contributed by atoms with Crippen LogP contribution in [0.2, 0.25) is 5.02 Å². The molecule has 1 aromatic rings. The van der Waals surface area contributed by atoms with Crippen LogP contribution < -0.4 is 5.32 Å². The van der Waals surface area contributed by atoms with Crippen LogP contribution in [0.3, 0.4) is 0 Å². The topological polar surface area (TPSA) is 69.6 Å². The molecule has 3 fully saturated rings. The van der Waals surface area contributed by atoms with Gasteiger partial charge < -0.3 is 10.4 Å². The third-order valence-electron chi connectivity index (χ3n) is 5.94. The summed E-state index contributed by atoms with van der Waals surface area (Å²) in [5.74, 6) is 0.281. The number of nitrogens with zero attached hydrogens (tertiary/aromatic N) is 1. The fourth-order valence-corrected chi connectivity index (χ4v) is 4.34. The van der Waals surface area contributed by atoms with Crippen LogP contribution in [0.4, 0.5) is 0 Å². The molecule has 3 aliphatic rings. The first-order valence-electron chi connectivity index (χ1n) is 9.52. The standard InChI is InChI=1S/C20H25ClN2O3/c21-18-4-2-1-3-15(18)16-9-17(16)20(26)22-13-7-14(8-13)23(11-19(24)25)10-12-5-6-12/h1-4,12-14,16-17H,5-11H2,(H,22,26)(H,24,25). The third-order valence-corrected chi connectivity index (χ3v) is 6.28. The van der Waals surface area contributed by atoms with E-state index in [2.05, 4.69) is 10.2 Å². The minimum atomic E-state index is -0.765. The molecule has 0 aromatic heterocycles. The Balaban J connectivity index is 1.24. The average molecular weight is 377 g/mol. The number of carbonyl (C=O) groups excluding carboxylic acids is 1. The molecule has 3 saturated carbocycles. The maximum absolute atomic E-state index is 12.5. The lowest BCUT2D eigenvalue weighted by Gasteiger charge is -2.42. The molecule has 0 heterocycles. The van der Waals surface area contributed by atoms with E-state index in [1.54, 1.807) is 0 Å². The van der Waals surface area contributed by atoms with Crippen molar-refractivity contribution in [3.8, 4) is 0 Å². The predicted octanol–water partition coefficient (Wildman–Crippen LogP) is 2.89. The van der Waals surface area contributed by atoms with Gasteiger partial charge in [-0.3, -0.25) is 14.5 Å². The van der Waals surface area contributed by atoms with Crippen LogP contribution in [-0.2, 0) is 9.59 Å². The van der Waals surface area contributed by atoms with E-state index < -0.39 is 5.97 Å². The van der Waals surface area contributed by atoms with Crippen molar-refractivity contribution in [2.45, 2.75) is 50.1 Å². The van der Waals surface area contributed by atoms with Gasteiger partial charge in [0.1, 0.15) is 0 Å². The molecule has 0 radical (unpaired) electrons. The fraction of sp³-hybridized carbons (Fsp3) is 0.600. The van der Waals surface area contributed by atoms with Gasteiger partial charge >= 0.3 is 5.97 Å². The fourth-order valence-electron chi connectivity index (χ4n) is 4.06. The van der Waals surface area contributed by atoms with Crippen LogP contribution in [-0.4, -0.2) is 47.1 Å². The quantitative estimate of drug-likeness (QED) is 0.732. The van der Waals surface area contributed by atoms with Crippen molar-refractivity contribution in [1.82, 2.24) is 10.2 Å². The summed E-state index contributed by atoms with van der Waals surface area (Å²) in [5, 5.41) is 13.0. The monoisotopic (exact) mass is 376 g/mol. The van der Waals surface area contributed by atoms with Gasteiger partial charge in [-0.15, -0.1) is 0 Å². The highest BCUT2D eigenvalue weighted by Gasteiger charge is 2.46. The Bertz CT molecular complexity index is 700. The normalized spacial score (nSPS) is 29.9. The molecule has 3 aliphatic carbocycles. The smallest absolute Gasteiger partial charge is 0.317 e. The molecule has 0 spiro atoms. The van der Waals surface area contributed by atoms with E-state index >= 15 is 0 Å². The van der Waals surface area contributed by atoms with Gasteiger partial charge in [0.15, 0.2) is 0 Å². The summed E-state index contributed by atoms with van der Waals surface area (Å²) in [6.45, 7) is 0.994. The zero-order valence-corrected chi connectivity index (χ0v) is 15.5. The lowest BCUT2D eigenvalue weighted by atomic mass is 9.85. The molecule has 26 heavy (non-hydrogen) atoms. The Morgan fingerprint density at radius 2 is 1.92 bits per heavy atom. The van der Waals surface area contributed by atoms with E-state index in [9.17, 15) is 9.59 Å². The van der Waals surface area contributed by atoms with Crippen LogP contribution in [0.15, 0.2) is 24.3 Å². The van der Waals surface area contributed by atoms with Crippen molar-refractivity contribution in [2.75, 3.05) is 13.1 Å². The van der Waals surface area contributed by atoms with Crippen LogP contribution in [0, 0.1) is 11.8 Å². The first-order chi connectivity index (χ1) is 12.5. The molecule has 2 unspecified atom stereocenters. The summed E-state index contributed by atoms with van der Waals surface area (Å²) >= 11 is 6.23. The molecule has 0 aliphatic heterocycles. The minimum absolute atomic E-state index is 0.0236. The van der Waals surface area contributed by atoms with Gasteiger partial charge in [0, 0.05) is 29.6 Å². The Kier molecular flexibility index (Phi) is 4.93. The number of halogens is 1. The number of carboxylic acids is 1. The van der Waals surface area contributed by atoms with Gasteiger partial charge in [0.2, 0.25) is 5.91 Å². The predicted molar refractivity (Wildman–Crippen MR) is 99.2 cm³/mol. The summed E-state index contributed by atoms with van der Waals surface area (Å²) in [4.78, 5) is 25.7. The minimum Gasteiger partial charge on any atom is -0.480 e. The number of rotatable bonds is 8. The first-order valence-corrected chi connectivity index (χ1v) is 9.89. The molecular weight excluding hydrogens is 352 g/mol. The molecular formula is C20H25ClN2O3. The molecule has 0 bridgehead atoms.